The van der Waals surface area contributed by atoms with Gasteiger partial charge in [0.25, 0.3) is 0 Å². The van der Waals surface area contributed by atoms with Crippen LogP contribution in [0.15, 0.2) is 0 Å². The van der Waals surface area contributed by atoms with E-state index in [-0.39, 0.29) is 0 Å². The Balaban J connectivity index is 1.28. The molecule has 1 aliphatic carbocycles. The molecule has 3 aliphatic heterocycles. The Hall–Kier alpha value is -1.69. The van der Waals surface area contributed by atoms with Crippen molar-refractivity contribution in [2.24, 2.45) is 5.92 Å². The number of hydrogen-bond donors (Lipinski definition) is 0. The number of aromatic nitrogens is 2. The van der Waals surface area contributed by atoms with Crippen LogP contribution in [0.2, 0.25) is 0 Å². The summed E-state index contributed by atoms with van der Waals surface area (Å²) in [5.74, 6) is 3.77. The number of anilines is 1. The van der Waals surface area contributed by atoms with E-state index in [4.69, 9.17) is 9.97 Å². The number of hydrogen-bond acceptors (Lipinski definition) is 5. The molecule has 0 bridgehead atoms. The Kier molecular flexibility index (Phi) is 5.94. The lowest BCUT2D eigenvalue weighted by Crippen LogP contribution is -2.45. The van der Waals surface area contributed by atoms with Gasteiger partial charge in [0.2, 0.25) is 5.91 Å². The predicted octanol–water partition coefficient (Wildman–Crippen LogP) is 3.14. The molecule has 164 valence electrons. The second kappa shape index (κ2) is 8.81. The van der Waals surface area contributed by atoms with Crippen molar-refractivity contribution in [2.45, 2.75) is 70.6 Å². The molecule has 1 atom stereocenters. The monoisotopic (exact) mass is 411 g/mol. The minimum absolute atomic E-state index is 0.313. The second-order valence-electron chi connectivity index (χ2n) is 9.98. The van der Waals surface area contributed by atoms with E-state index in [2.05, 4.69) is 21.6 Å². The Morgan fingerprint density at radius 1 is 0.967 bits per heavy atom. The molecule has 1 amide bonds. The first kappa shape index (κ1) is 20.2. The summed E-state index contributed by atoms with van der Waals surface area (Å²) >= 11 is 0. The van der Waals surface area contributed by atoms with Crippen molar-refractivity contribution < 1.29 is 4.79 Å². The fraction of sp³-hybridized carbons (Fsp3) is 0.792. The lowest BCUT2D eigenvalue weighted by atomic mass is 9.96. The van der Waals surface area contributed by atoms with E-state index >= 15 is 0 Å². The van der Waals surface area contributed by atoms with Gasteiger partial charge in [0, 0.05) is 49.9 Å². The van der Waals surface area contributed by atoms with Crippen molar-refractivity contribution in [3.8, 4) is 0 Å². The van der Waals surface area contributed by atoms with E-state index in [1.165, 1.54) is 49.3 Å². The minimum Gasteiger partial charge on any atom is -0.356 e. The van der Waals surface area contributed by atoms with Gasteiger partial charge in [0.1, 0.15) is 11.6 Å². The maximum atomic E-state index is 12.8. The summed E-state index contributed by atoms with van der Waals surface area (Å²) < 4.78 is 0. The summed E-state index contributed by atoms with van der Waals surface area (Å²) in [4.78, 5) is 29.9. The number of amides is 1. The highest BCUT2D eigenvalue weighted by Gasteiger charge is 2.31. The van der Waals surface area contributed by atoms with Crippen molar-refractivity contribution >= 4 is 11.7 Å². The Bertz CT molecular complexity index is 771. The third-order valence-corrected chi connectivity index (χ3v) is 7.48. The molecule has 4 heterocycles. The van der Waals surface area contributed by atoms with Crippen LogP contribution >= 0.6 is 0 Å². The number of nitrogens with zero attached hydrogens (tertiary/aromatic N) is 5. The zero-order valence-electron chi connectivity index (χ0n) is 18.6. The number of rotatable bonds is 5. The smallest absolute Gasteiger partial charge is 0.236 e. The van der Waals surface area contributed by atoms with Crippen molar-refractivity contribution in [3.63, 3.8) is 0 Å². The van der Waals surface area contributed by atoms with Gasteiger partial charge in [-0.2, -0.15) is 0 Å². The molecule has 3 fully saturated rings. The summed E-state index contributed by atoms with van der Waals surface area (Å²) in [6.07, 6.45) is 10.9. The van der Waals surface area contributed by atoms with Crippen LogP contribution < -0.4 is 4.90 Å². The van der Waals surface area contributed by atoms with Crippen molar-refractivity contribution in [2.75, 3.05) is 50.7 Å². The molecule has 1 aromatic heterocycles. The first-order chi connectivity index (χ1) is 14.7. The molecule has 0 aromatic carbocycles. The average Bonchev–Trinajstić information content (AvgIpc) is 3.59. The van der Waals surface area contributed by atoms with E-state index in [0.29, 0.717) is 18.4 Å². The van der Waals surface area contributed by atoms with Crippen LogP contribution in [0.1, 0.15) is 74.4 Å². The SMILES string of the molecule is Cc1nc([C@@H]2CCCN(CC(=O)N3CCCCC3)C2)nc2c1CCCN2CC1CC1. The lowest BCUT2D eigenvalue weighted by molar-refractivity contribution is -0.133. The Morgan fingerprint density at radius 2 is 1.80 bits per heavy atom. The van der Waals surface area contributed by atoms with E-state index in [1.54, 1.807) is 0 Å². The molecule has 4 aliphatic rings. The molecule has 6 heteroatoms. The van der Waals surface area contributed by atoms with Gasteiger partial charge >= 0.3 is 0 Å². The zero-order valence-corrected chi connectivity index (χ0v) is 18.6. The van der Waals surface area contributed by atoms with Crippen molar-refractivity contribution in [1.82, 2.24) is 19.8 Å². The molecule has 0 radical (unpaired) electrons. The third kappa shape index (κ3) is 4.48. The fourth-order valence-corrected chi connectivity index (χ4v) is 5.53. The zero-order chi connectivity index (χ0) is 20.5. The third-order valence-electron chi connectivity index (χ3n) is 7.48. The molecule has 0 N–H and O–H groups in total. The van der Waals surface area contributed by atoms with Gasteiger partial charge in [0.05, 0.1) is 6.54 Å². The van der Waals surface area contributed by atoms with E-state index in [9.17, 15) is 4.79 Å². The fourth-order valence-electron chi connectivity index (χ4n) is 5.53. The number of carbonyl (C=O) groups excluding carboxylic acids is 1. The topological polar surface area (TPSA) is 52.6 Å². The first-order valence-corrected chi connectivity index (χ1v) is 12.3. The van der Waals surface area contributed by atoms with Gasteiger partial charge in [0.15, 0.2) is 0 Å². The summed E-state index contributed by atoms with van der Waals surface area (Å²) in [5, 5.41) is 0. The average molecular weight is 412 g/mol. The molecule has 30 heavy (non-hydrogen) atoms. The van der Waals surface area contributed by atoms with Crippen LogP contribution in [0.3, 0.4) is 0 Å². The lowest BCUT2D eigenvalue weighted by Gasteiger charge is -2.35. The minimum atomic E-state index is 0.313. The molecule has 1 aromatic rings. The summed E-state index contributed by atoms with van der Waals surface area (Å²) in [5.41, 5.74) is 2.55. The molecule has 5 rings (SSSR count). The summed E-state index contributed by atoms with van der Waals surface area (Å²) in [7, 11) is 0. The number of carbonyl (C=O) groups is 1. The predicted molar refractivity (Wildman–Crippen MR) is 119 cm³/mol. The molecule has 1 saturated carbocycles. The van der Waals surface area contributed by atoms with Crippen LogP contribution in [0, 0.1) is 12.8 Å². The summed E-state index contributed by atoms with van der Waals surface area (Å²) in [6, 6.07) is 0. The largest absolute Gasteiger partial charge is 0.356 e. The van der Waals surface area contributed by atoms with Crippen LogP contribution in [0.4, 0.5) is 5.82 Å². The van der Waals surface area contributed by atoms with Crippen LogP contribution in [-0.4, -0.2) is 71.5 Å². The molecule has 0 unspecified atom stereocenters. The van der Waals surface area contributed by atoms with Crippen LogP contribution in [0.5, 0.6) is 0 Å². The number of piperidine rings is 2. The number of likely N-dealkylation sites (tertiary alicyclic amines) is 2. The normalized spacial score (nSPS) is 25.3. The van der Waals surface area contributed by atoms with Gasteiger partial charge < -0.3 is 9.80 Å². The molecular formula is C24H37N5O. The molecule has 2 saturated heterocycles. The molecule has 0 spiro atoms. The van der Waals surface area contributed by atoms with E-state index in [0.717, 1.165) is 76.6 Å². The maximum Gasteiger partial charge on any atom is 0.236 e. The highest BCUT2D eigenvalue weighted by Crippen LogP contribution is 2.36. The standard InChI is InChI=1S/C24H37N5O/c1-18-21-8-6-14-29(15-19-9-10-19)24(21)26-23(25-18)20-7-5-11-27(16-20)17-22(30)28-12-3-2-4-13-28/h19-20H,2-17H2,1H3/t20-/m1/s1. The Labute approximate surface area is 181 Å². The quantitative estimate of drug-likeness (QED) is 0.745. The Morgan fingerprint density at radius 3 is 2.60 bits per heavy atom. The highest BCUT2D eigenvalue weighted by atomic mass is 16.2. The highest BCUT2D eigenvalue weighted by molar-refractivity contribution is 5.78. The second-order valence-corrected chi connectivity index (χ2v) is 9.98. The van der Waals surface area contributed by atoms with E-state index in [1.807, 2.05) is 0 Å². The van der Waals surface area contributed by atoms with Crippen molar-refractivity contribution in [1.29, 1.82) is 0 Å². The number of aryl methyl sites for hydroxylation is 1. The summed E-state index contributed by atoms with van der Waals surface area (Å²) in [6.45, 7) is 8.87. The molecular weight excluding hydrogens is 374 g/mol. The maximum absolute atomic E-state index is 12.8. The van der Waals surface area contributed by atoms with Gasteiger partial charge in [-0.05, 0) is 77.2 Å². The first-order valence-electron chi connectivity index (χ1n) is 12.3. The van der Waals surface area contributed by atoms with E-state index < -0.39 is 0 Å². The van der Waals surface area contributed by atoms with Gasteiger partial charge in [-0.3, -0.25) is 9.69 Å². The van der Waals surface area contributed by atoms with Crippen molar-refractivity contribution in [3.05, 3.63) is 17.1 Å². The molecule has 6 nitrogen and oxygen atoms in total. The van der Waals surface area contributed by atoms with Crippen LogP contribution in [-0.2, 0) is 11.2 Å². The number of fused-ring (bicyclic) bond motifs is 1. The van der Waals surface area contributed by atoms with Crippen LogP contribution in [0.25, 0.3) is 0 Å². The van der Waals surface area contributed by atoms with Gasteiger partial charge in [-0.1, -0.05) is 0 Å². The van der Waals surface area contributed by atoms with Gasteiger partial charge in [-0.15, -0.1) is 0 Å². The van der Waals surface area contributed by atoms with Gasteiger partial charge in [-0.25, -0.2) is 9.97 Å².